The van der Waals surface area contributed by atoms with E-state index in [0.29, 0.717) is 0 Å². The van der Waals surface area contributed by atoms with Gasteiger partial charge in [-0.15, -0.1) is 12.3 Å². The summed E-state index contributed by atoms with van der Waals surface area (Å²) in [6.07, 6.45) is 11.5. The largest absolute Gasteiger partial charge is 0.302 e. The highest BCUT2D eigenvalue weighted by molar-refractivity contribution is 4.91. The van der Waals surface area contributed by atoms with Gasteiger partial charge < -0.3 is 4.90 Å². The summed E-state index contributed by atoms with van der Waals surface area (Å²) < 4.78 is 0. The van der Waals surface area contributed by atoms with Crippen LogP contribution in [0.2, 0.25) is 0 Å². The molecular weight excluding hydrogens is 184 g/mol. The highest BCUT2D eigenvalue weighted by Gasteiger charge is 2.34. The van der Waals surface area contributed by atoms with Crippen LogP contribution in [-0.4, -0.2) is 48.6 Å². The molecule has 2 aliphatic heterocycles. The van der Waals surface area contributed by atoms with Gasteiger partial charge in [0.25, 0.3) is 0 Å². The first kappa shape index (κ1) is 11.0. The van der Waals surface area contributed by atoms with Crippen molar-refractivity contribution in [3.05, 3.63) is 0 Å². The summed E-state index contributed by atoms with van der Waals surface area (Å²) in [7, 11) is 2.30. The van der Waals surface area contributed by atoms with E-state index in [4.69, 9.17) is 6.42 Å². The van der Waals surface area contributed by atoms with E-state index in [1.54, 1.807) is 0 Å². The molecule has 2 heteroatoms. The molecule has 0 radical (unpaired) electrons. The molecule has 0 N–H and O–H groups in total. The fraction of sp³-hybridized carbons (Fsp3) is 0.846. The van der Waals surface area contributed by atoms with E-state index in [-0.39, 0.29) is 0 Å². The summed E-state index contributed by atoms with van der Waals surface area (Å²) in [6.45, 7) is 3.73. The van der Waals surface area contributed by atoms with Gasteiger partial charge in [-0.1, -0.05) is 0 Å². The molecule has 2 bridgehead atoms. The van der Waals surface area contributed by atoms with Gasteiger partial charge in [-0.3, -0.25) is 4.90 Å². The van der Waals surface area contributed by atoms with Crippen molar-refractivity contribution in [2.24, 2.45) is 0 Å². The normalized spacial score (nSPS) is 32.5. The monoisotopic (exact) mass is 206 g/mol. The van der Waals surface area contributed by atoms with E-state index >= 15 is 0 Å². The van der Waals surface area contributed by atoms with Gasteiger partial charge in [0, 0.05) is 25.0 Å². The highest BCUT2D eigenvalue weighted by Crippen LogP contribution is 2.28. The van der Waals surface area contributed by atoms with Gasteiger partial charge in [0.05, 0.1) is 0 Å². The van der Waals surface area contributed by atoms with Crippen LogP contribution in [0.15, 0.2) is 0 Å². The Kier molecular flexibility index (Phi) is 3.66. The van der Waals surface area contributed by atoms with Crippen molar-refractivity contribution in [2.75, 3.05) is 26.7 Å². The van der Waals surface area contributed by atoms with Gasteiger partial charge in [-0.2, -0.15) is 0 Å². The van der Waals surface area contributed by atoms with Crippen LogP contribution >= 0.6 is 0 Å². The molecule has 84 valence electrons. The fourth-order valence-corrected chi connectivity index (χ4v) is 2.99. The van der Waals surface area contributed by atoms with Gasteiger partial charge in [0.2, 0.25) is 0 Å². The first-order valence-corrected chi connectivity index (χ1v) is 6.19. The molecule has 0 aliphatic carbocycles. The molecule has 0 spiro atoms. The van der Waals surface area contributed by atoms with Crippen LogP contribution in [0.3, 0.4) is 0 Å². The number of likely N-dealkylation sites (tertiary alicyclic amines) is 1. The van der Waals surface area contributed by atoms with Crippen molar-refractivity contribution in [3.63, 3.8) is 0 Å². The Morgan fingerprint density at radius 3 is 2.87 bits per heavy atom. The minimum Gasteiger partial charge on any atom is -0.302 e. The van der Waals surface area contributed by atoms with E-state index in [0.717, 1.165) is 24.9 Å². The second-order valence-electron chi connectivity index (χ2n) is 4.95. The molecule has 0 aromatic rings. The lowest BCUT2D eigenvalue weighted by molar-refractivity contribution is 0.218. The predicted molar refractivity (Wildman–Crippen MR) is 63.7 cm³/mol. The minimum absolute atomic E-state index is 0.809. The van der Waals surface area contributed by atoms with Crippen molar-refractivity contribution in [2.45, 2.75) is 44.2 Å². The summed E-state index contributed by atoms with van der Waals surface area (Å²) in [5.41, 5.74) is 0. The average Bonchev–Trinajstić information content (AvgIpc) is 2.46. The number of likely N-dealkylation sites (N-methyl/N-ethyl adjacent to an activating group) is 1. The van der Waals surface area contributed by atoms with Crippen LogP contribution < -0.4 is 0 Å². The van der Waals surface area contributed by atoms with E-state index in [9.17, 15) is 0 Å². The van der Waals surface area contributed by atoms with Crippen LogP contribution in [0.4, 0.5) is 0 Å². The SMILES string of the molecule is C#CCCCN1CCC2CCC(C1)N2C. The third-order valence-corrected chi connectivity index (χ3v) is 4.03. The standard InChI is InChI=1S/C13H22N2/c1-3-4-5-9-15-10-8-12-6-7-13(11-15)14(12)2/h1,12-13H,4-11H2,2H3. The number of rotatable bonds is 3. The van der Waals surface area contributed by atoms with Crippen molar-refractivity contribution in [3.8, 4) is 12.3 Å². The Morgan fingerprint density at radius 2 is 2.07 bits per heavy atom. The molecule has 0 saturated carbocycles. The smallest absolute Gasteiger partial charge is 0.0223 e. The Morgan fingerprint density at radius 1 is 1.27 bits per heavy atom. The fourth-order valence-electron chi connectivity index (χ4n) is 2.99. The molecule has 0 amide bonds. The number of hydrogen-bond donors (Lipinski definition) is 0. The maximum absolute atomic E-state index is 5.28. The molecule has 0 aromatic carbocycles. The molecule has 2 aliphatic rings. The summed E-state index contributed by atoms with van der Waals surface area (Å²) in [5, 5.41) is 0. The van der Waals surface area contributed by atoms with E-state index in [2.05, 4.69) is 22.8 Å². The maximum Gasteiger partial charge on any atom is 0.0223 e. The second-order valence-corrected chi connectivity index (χ2v) is 4.95. The van der Waals surface area contributed by atoms with Crippen LogP contribution in [0.5, 0.6) is 0 Å². The minimum atomic E-state index is 0.809. The van der Waals surface area contributed by atoms with Crippen molar-refractivity contribution < 1.29 is 0 Å². The first-order valence-electron chi connectivity index (χ1n) is 6.19. The molecule has 2 atom stereocenters. The van der Waals surface area contributed by atoms with E-state index < -0.39 is 0 Å². The number of hydrogen-bond acceptors (Lipinski definition) is 2. The predicted octanol–water partition coefficient (Wildman–Crippen LogP) is 1.57. The Labute approximate surface area is 93.6 Å². The number of fused-ring (bicyclic) bond motifs is 2. The zero-order chi connectivity index (χ0) is 10.7. The quantitative estimate of drug-likeness (QED) is 0.511. The van der Waals surface area contributed by atoms with Gasteiger partial charge in [-0.05, 0) is 45.8 Å². The molecule has 0 aromatic heterocycles. The van der Waals surface area contributed by atoms with E-state index in [1.165, 1.54) is 38.9 Å². The third kappa shape index (κ3) is 2.53. The molecule has 2 unspecified atom stereocenters. The van der Waals surface area contributed by atoms with Crippen LogP contribution in [0.25, 0.3) is 0 Å². The summed E-state index contributed by atoms with van der Waals surface area (Å²) in [4.78, 5) is 5.21. The zero-order valence-electron chi connectivity index (χ0n) is 9.78. The maximum atomic E-state index is 5.28. The highest BCUT2D eigenvalue weighted by atomic mass is 15.3. The Bertz CT molecular complexity index is 243. The topological polar surface area (TPSA) is 6.48 Å². The summed E-state index contributed by atoms with van der Waals surface area (Å²) in [5.74, 6) is 2.73. The second kappa shape index (κ2) is 5.01. The van der Waals surface area contributed by atoms with Crippen LogP contribution in [-0.2, 0) is 0 Å². The first-order chi connectivity index (χ1) is 7.31. The van der Waals surface area contributed by atoms with Gasteiger partial charge >= 0.3 is 0 Å². The van der Waals surface area contributed by atoms with Crippen LogP contribution in [0.1, 0.15) is 32.1 Å². The Balaban J connectivity index is 1.82. The molecular formula is C13H22N2. The molecule has 2 nitrogen and oxygen atoms in total. The number of nitrogens with zero attached hydrogens (tertiary/aromatic N) is 2. The Hall–Kier alpha value is -0.520. The third-order valence-electron chi connectivity index (χ3n) is 4.03. The van der Waals surface area contributed by atoms with Gasteiger partial charge in [0.1, 0.15) is 0 Å². The van der Waals surface area contributed by atoms with Gasteiger partial charge in [0.15, 0.2) is 0 Å². The number of unbranched alkanes of at least 4 members (excludes halogenated alkanes) is 1. The lowest BCUT2D eigenvalue weighted by atomic mass is 10.1. The van der Waals surface area contributed by atoms with Gasteiger partial charge in [-0.25, -0.2) is 0 Å². The molecule has 2 saturated heterocycles. The molecule has 2 fully saturated rings. The lowest BCUT2D eigenvalue weighted by Crippen LogP contribution is -2.36. The lowest BCUT2D eigenvalue weighted by Gasteiger charge is -2.25. The van der Waals surface area contributed by atoms with Crippen molar-refractivity contribution >= 4 is 0 Å². The zero-order valence-corrected chi connectivity index (χ0v) is 9.78. The summed E-state index contributed by atoms with van der Waals surface area (Å²) in [6, 6.07) is 1.66. The average molecular weight is 206 g/mol. The van der Waals surface area contributed by atoms with Crippen molar-refractivity contribution in [1.82, 2.24) is 9.80 Å². The molecule has 15 heavy (non-hydrogen) atoms. The van der Waals surface area contributed by atoms with E-state index in [1.807, 2.05) is 0 Å². The molecule has 2 heterocycles. The molecule has 2 rings (SSSR count). The number of terminal acetylenes is 1. The van der Waals surface area contributed by atoms with Crippen LogP contribution in [0, 0.1) is 12.3 Å². The summed E-state index contributed by atoms with van der Waals surface area (Å²) >= 11 is 0. The van der Waals surface area contributed by atoms with Crippen molar-refractivity contribution in [1.29, 1.82) is 0 Å².